The molecule has 0 aliphatic carbocycles. The van der Waals surface area contributed by atoms with Crippen molar-refractivity contribution in [2.45, 2.75) is 13.0 Å². The van der Waals surface area contributed by atoms with E-state index in [1.807, 2.05) is 0 Å². The summed E-state index contributed by atoms with van der Waals surface area (Å²) in [6.07, 6.45) is -1.04. The van der Waals surface area contributed by atoms with Gasteiger partial charge in [-0.25, -0.2) is 4.79 Å². The number of amides is 3. The van der Waals surface area contributed by atoms with Crippen molar-refractivity contribution in [1.29, 1.82) is 0 Å². The lowest BCUT2D eigenvalue weighted by Gasteiger charge is -2.33. The minimum atomic E-state index is -1.04. The lowest BCUT2D eigenvalue weighted by molar-refractivity contribution is -0.154. The molecule has 2 aromatic rings. The molecule has 1 aliphatic rings. The normalized spacial score (nSPS) is 14.7. The molecule has 1 heterocycles. The number of fused-ring (bicyclic) bond motifs is 1. The highest BCUT2D eigenvalue weighted by Gasteiger charge is 2.33. The zero-order valence-corrected chi connectivity index (χ0v) is 16.5. The van der Waals surface area contributed by atoms with Gasteiger partial charge in [-0.05, 0) is 36.4 Å². The Morgan fingerprint density at radius 2 is 1.80 bits per heavy atom. The van der Waals surface area contributed by atoms with E-state index in [4.69, 9.17) is 9.47 Å². The number of esters is 1. The summed E-state index contributed by atoms with van der Waals surface area (Å²) in [5, 5.41) is 5.08. The van der Waals surface area contributed by atoms with Gasteiger partial charge in [-0.3, -0.25) is 14.4 Å². The van der Waals surface area contributed by atoms with E-state index in [2.05, 4.69) is 10.6 Å². The Labute approximate surface area is 172 Å². The van der Waals surface area contributed by atoms with Crippen LogP contribution < -0.4 is 20.3 Å². The zero-order valence-electron chi connectivity index (χ0n) is 16.5. The Bertz CT molecular complexity index is 973. The van der Waals surface area contributed by atoms with Gasteiger partial charge >= 0.3 is 5.97 Å². The number of rotatable bonds is 5. The number of nitrogens with one attached hydrogen (secondary N) is 2. The van der Waals surface area contributed by atoms with E-state index in [0.29, 0.717) is 22.7 Å². The average Bonchev–Trinajstić information content (AvgIpc) is 2.76. The van der Waals surface area contributed by atoms with Crippen molar-refractivity contribution in [3.63, 3.8) is 0 Å². The molecule has 9 heteroatoms. The average molecular weight is 411 g/mol. The van der Waals surface area contributed by atoms with Crippen molar-refractivity contribution in [3.8, 4) is 5.75 Å². The topological polar surface area (TPSA) is 114 Å². The van der Waals surface area contributed by atoms with E-state index in [9.17, 15) is 19.2 Å². The van der Waals surface area contributed by atoms with Gasteiger partial charge in [0, 0.05) is 25.2 Å². The number of ether oxygens (including phenoxy) is 2. The van der Waals surface area contributed by atoms with Crippen LogP contribution in [0.5, 0.6) is 5.75 Å². The number of nitrogens with zero attached hydrogens (tertiary/aromatic N) is 1. The van der Waals surface area contributed by atoms with E-state index in [-0.39, 0.29) is 18.4 Å². The molecule has 30 heavy (non-hydrogen) atoms. The predicted octanol–water partition coefficient (Wildman–Crippen LogP) is 1.34. The summed E-state index contributed by atoms with van der Waals surface area (Å²) in [4.78, 5) is 49.3. The van der Waals surface area contributed by atoms with Crippen molar-refractivity contribution in [1.82, 2.24) is 5.32 Å². The molecular weight excluding hydrogens is 390 g/mol. The van der Waals surface area contributed by atoms with Crippen LogP contribution in [0.3, 0.4) is 0 Å². The van der Waals surface area contributed by atoms with Gasteiger partial charge in [-0.2, -0.15) is 0 Å². The monoisotopic (exact) mass is 411 g/mol. The van der Waals surface area contributed by atoms with Gasteiger partial charge in [0.1, 0.15) is 5.75 Å². The van der Waals surface area contributed by atoms with Crippen molar-refractivity contribution < 1.29 is 28.7 Å². The summed E-state index contributed by atoms with van der Waals surface area (Å²) in [7, 11) is 1.52. The third-order valence-corrected chi connectivity index (χ3v) is 4.42. The van der Waals surface area contributed by atoms with E-state index in [1.54, 1.807) is 48.5 Å². The third kappa shape index (κ3) is 4.75. The van der Waals surface area contributed by atoms with E-state index in [0.717, 1.165) is 0 Å². The Hall–Kier alpha value is -3.88. The molecule has 0 unspecified atom stereocenters. The van der Waals surface area contributed by atoms with Crippen molar-refractivity contribution in [3.05, 3.63) is 54.1 Å². The second-order valence-corrected chi connectivity index (χ2v) is 6.52. The number of hydrogen-bond acceptors (Lipinski definition) is 6. The van der Waals surface area contributed by atoms with Crippen LogP contribution in [0, 0.1) is 0 Å². The molecule has 3 amide bonds. The van der Waals surface area contributed by atoms with Gasteiger partial charge in [0.05, 0.1) is 12.2 Å². The highest BCUT2D eigenvalue weighted by Crippen LogP contribution is 2.33. The first kappa shape index (κ1) is 20.8. The summed E-state index contributed by atoms with van der Waals surface area (Å²) >= 11 is 0. The molecule has 0 saturated carbocycles. The molecule has 1 atom stereocenters. The molecule has 0 spiro atoms. The first-order valence-corrected chi connectivity index (χ1v) is 9.21. The highest BCUT2D eigenvalue weighted by atomic mass is 16.6. The fourth-order valence-electron chi connectivity index (χ4n) is 2.93. The molecule has 0 radical (unpaired) electrons. The van der Waals surface area contributed by atoms with Crippen LogP contribution in [-0.2, 0) is 19.1 Å². The number of benzene rings is 2. The van der Waals surface area contributed by atoms with Crippen LogP contribution in [0.4, 0.5) is 11.4 Å². The minimum absolute atomic E-state index is 0.00620. The molecule has 0 aromatic heterocycles. The zero-order chi connectivity index (χ0) is 21.7. The predicted molar refractivity (Wildman–Crippen MR) is 108 cm³/mol. The largest absolute Gasteiger partial charge is 0.475 e. The summed E-state index contributed by atoms with van der Waals surface area (Å²) in [5.74, 6) is -1.38. The standard InChI is InChI=1S/C21H21N3O6/c1-13(25)24-11-18(30-17-6-4-3-5-16(17)24)21(28)29-12-19(26)23-15-9-7-14(8-10-15)20(27)22-2/h3-10,18H,11-12H2,1-2H3,(H,22,27)(H,23,26)/t18-/m1/s1. The summed E-state index contributed by atoms with van der Waals surface area (Å²) in [5.41, 5.74) is 1.48. The number of carbonyl (C=O) groups is 4. The van der Waals surface area contributed by atoms with Crippen LogP contribution >= 0.6 is 0 Å². The summed E-state index contributed by atoms with van der Waals surface area (Å²) in [6.45, 7) is 0.874. The first-order valence-electron chi connectivity index (χ1n) is 9.21. The SMILES string of the molecule is CNC(=O)c1ccc(NC(=O)COC(=O)[C@H]2CN(C(C)=O)c3ccccc3O2)cc1. The lowest BCUT2D eigenvalue weighted by atomic mass is 10.2. The molecule has 0 fully saturated rings. The van der Waals surface area contributed by atoms with Crippen LogP contribution in [0.15, 0.2) is 48.5 Å². The maximum absolute atomic E-state index is 12.4. The van der Waals surface area contributed by atoms with Gasteiger partial charge in [0.2, 0.25) is 12.0 Å². The highest BCUT2D eigenvalue weighted by molar-refractivity contribution is 5.97. The van der Waals surface area contributed by atoms with Gasteiger partial charge < -0.3 is 25.0 Å². The molecule has 0 saturated heterocycles. The molecule has 156 valence electrons. The van der Waals surface area contributed by atoms with E-state index in [1.165, 1.54) is 18.9 Å². The Kier molecular flexibility index (Phi) is 6.31. The first-order chi connectivity index (χ1) is 14.4. The van der Waals surface area contributed by atoms with Crippen LogP contribution in [0.1, 0.15) is 17.3 Å². The quantitative estimate of drug-likeness (QED) is 0.718. The fraction of sp³-hybridized carbons (Fsp3) is 0.238. The molecule has 1 aliphatic heterocycles. The Morgan fingerprint density at radius 3 is 2.47 bits per heavy atom. The van der Waals surface area contributed by atoms with Crippen molar-refractivity contribution in [2.75, 3.05) is 30.4 Å². The number of carbonyl (C=O) groups excluding carboxylic acids is 4. The fourth-order valence-corrected chi connectivity index (χ4v) is 2.93. The van der Waals surface area contributed by atoms with E-state index < -0.39 is 24.6 Å². The second-order valence-electron chi connectivity index (χ2n) is 6.52. The number of anilines is 2. The van der Waals surface area contributed by atoms with Gasteiger partial charge in [0.25, 0.3) is 11.8 Å². The Balaban J connectivity index is 1.56. The van der Waals surface area contributed by atoms with Gasteiger partial charge in [0.15, 0.2) is 6.61 Å². The second kappa shape index (κ2) is 9.08. The lowest BCUT2D eigenvalue weighted by Crippen LogP contribution is -2.47. The summed E-state index contributed by atoms with van der Waals surface area (Å²) in [6, 6.07) is 13.1. The molecule has 0 bridgehead atoms. The smallest absolute Gasteiger partial charge is 0.349 e. The van der Waals surface area contributed by atoms with E-state index >= 15 is 0 Å². The minimum Gasteiger partial charge on any atom is -0.475 e. The van der Waals surface area contributed by atoms with Gasteiger partial charge in [-0.15, -0.1) is 0 Å². The molecule has 2 aromatic carbocycles. The van der Waals surface area contributed by atoms with Crippen LogP contribution in [0.2, 0.25) is 0 Å². The van der Waals surface area contributed by atoms with Crippen molar-refractivity contribution in [2.24, 2.45) is 0 Å². The molecule has 9 nitrogen and oxygen atoms in total. The maximum atomic E-state index is 12.4. The third-order valence-electron chi connectivity index (χ3n) is 4.42. The maximum Gasteiger partial charge on any atom is 0.349 e. The number of hydrogen-bond donors (Lipinski definition) is 2. The van der Waals surface area contributed by atoms with Crippen LogP contribution in [-0.4, -0.2) is 50.0 Å². The molecular formula is C21H21N3O6. The Morgan fingerprint density at radius 1 is 1.10 bits per heavy atom. The van der Waals surface area contributed by atoms with Gasteiger partial charge in [-0.1, -0.05) is 12.1 Å². The number of para-hydroxylation sites is 2. The molecule has 3 rings (SSSR count). The summed E-state index contributed by atoms with van der Waals surface area (Å²) < 4.78 is 10.7. The molecule has 2 N–H and O–H groups in total. The van der Waals surface area contributed by atoms with Crippen molar-refractivity contribution >= 4 is 35.1 Å². The van der Waals surface area contributed by atoms with Crippen LogP contribution in [0.25, 0.3) is 0 Å².